The van der Waals surface area contributed by atoms with Crippen molar-refractivity contribution in [1.29, 1.82) is 0 Å². The Bertz CT molecular complexity index is 373. The van der Waals surface area contributed by atoms with Gasteiger partial charge in [-0.05, 0) is 44.3 Å². The van der Waals surface area contributed by atoms with Crippen molar-refractivity contribution in [2.45, 2.75) is 26.8 Å². The Morgan fingerprint density at radius 1 is 1.37 bits per heavy atom. The van der Waals surface area contributed by atoms with Crippen molar-refractivity contribution in [3.63, 3.8) is 0 Å². The van der Waals surface area contributed by atoms with Crippen LogP contribution in [0.3, 0.4) is 0 Å². The van der Waals surface area contributed by atoms with E-state index in [1.54, 1.807) is 6.20 Å². The van der Waals surface area contributed by atoms with Crippen LogP contribution in [0.2, 0.25) is 0 Å². The lowest BCUT2D eigenvalue weighted by Gasteiger charge is -2.18. The first-order valence-corrected chi connectivity index (χ1v) is 7.29. The second-order valence-electron chi connectivity index (χ2n) is 4.44. The van der Waals surface area contributed by atoms with Gasteiger partial charge in [-0.1, -0.05) is 13.8 Å². The summed E-state index contributed by atoms with van der Waals surface area (Å²) in [4.78, 5) is 2.41. The standard InChI is InChI=1S/C13H25N5S/c1-4-18(5-2)10-6-8-14-13(19)15-11-12-7-9-16-17(12)3/h7,9H,4-6,8,10-11H2,1-3H3,(H2,14,15,19). The first-order chi connectivity index (χ1) is 9.17. The molecule has 0 atom stereocenters. The Labute approximate surface area is 121 Å². The molecule has 5 nitrogen and oxygen atoms in total. The number of nitrogens with one attached hydrogen (secondary N) is 2. The SMILES string of the molecule is CCN(CC)CCCNC(=S)NCc1ccnn1C. The Morgan fingerprint density at radius 2 is 2.11 bits per heavy atom. The molecule has 2 N–H and O–H groups in total. The maximum Gasteiger partial charge on any atom is 0.166 e. The lowest BCUT2D eigenvalue weighted by Crippen LogP contribution is -2.37. The summed E-state index contributed by atoms with van der Waals surface area (Å²) in [5.41, 5.74) is 1.12. The molecule has 0 bridgehead atoms. The van der Waals surface area contributed by atoms with Crippen LogP contribution >= 0.6 is 12.2 Å². The molecule has 108 valence electrons. The average Bonchev–Trinajstić information content (AvgIpc) is 2.82. The monoisotopic (exact) mass is 283 g/mol. The Kier molecular flexibility index (Phi) is 7.43. The van der Waals surface area contributed by atoms with Crippen LogP contribution < -0.4 is 10.6 Å². The number of hydrogen-bond donors (Lipinski definition) is 2. The van der Waals surface area contributed by atoms with Crippen LogP contribution in [0.15, 0.2) is 12.3 Å². The predicted molar refractivity (Wildman–Crippen MR) is 83.1 cm³/mol. The van der Waals surface area contributed by atoms with Crippen LogP contribution in [-0.2, 0) is 13.6 Å². The van der Waals surface area contributed by atoms with E-state index in [9.17, 15) is 0 Å². The van der Waals surface area contributed by atoms with Crippen LogP contribution in [0.1, 0.15) is 26.0 Å². The molecule has 0 aliphatic carbocycles. The molecule has 1 heterocycles. The van der Waals surface area contributed by atoms with Gasteiger partial charge in [0.15, 0.2) is 5.11 Å². The molecule has 0 aliphatic heterocycles. The van der Waals surface area contributed by atoms with Crippen molar-refractivity contribution in [3.8, 4) is 0 Å². The van der Waals surface area contributed by atoms with Crippen molar-refractivity contribution in [2.75, 3.05) is 26.2 Å². The van der Waals surface area contributed by atoms with E-state index in [2.05, 4.69) is 34.5 Å². The molecular weight excluding hydrogens is 258 g/mol. The minimum Gasteiger partial charge on any atom is -0.363 e. The van der Waals surface area contributed by atoms with Gasteiger partial charge in [-0.15, -0.1) is 0 Å². The highest BCUT2D eigenvalue weighted by molar-refractivity contribution is 7.80. The van der Waals surface area contributed by atoms with Gasteiger partial charge in [-0.25, -0.2) is 0 Å². The van der Waals surface area contributed by atoms with E-state index < -0.39 is 0 Å². The molecule has 19 heavy (non-hydrogen) atoms. The van der Waals surface area contributed by atoms with Gasteiger partial charge in [0.2, 0.25) is 0 Å². The molecule has 1 rings (SSSR count). The molecule has 0 radical (unpaired) electrons. The summed E-state index contributed by atoms with van der Waals surface area (Å²) >= 11 is 5.24. The minimum absolute atomic E-state index is 0.707. The Morgan fingerprint density at radius 3 is 2.68 bits per heavy atom. The number of aryl methyl sites for hydroxylation is 1. The summed E-state index contributed by atoms with van der Waals surface area (Å²) in [5.74, 6) is 0. The van der Waals surface area contributed by atoms with Gasteiger partial charge >= 0.3 is 0 Å². The minimum atomic E-state index is 0.707. The van der Waals surface area contributed by atoms with Crippen molar-refractivity contribution in [2.24, 2.45) is 7.05 Å². The molecule has 0 aliphatic rings. The molecule has 0 fully saturated rings. The lowest BCUT2D eigenvalue weighted by atomic mass is 10.3. The third-order valence-electron chi connectivity index (χ3n) is 3.18. The zero-order valence-electron chi connectivity index (χ0n) is 12.1. The molecular formula is C13H25N5S. The van der Waals surface area contributed by atoms with Gasteiger partial charge in [0.1, 0.15) is 0 Å². The van der Waals surface area contributed by atoms with Crippen LogP contribution in [0, 0.1) is 0 Å². The van der Waals surface area contributed by atoms with E-state index >= 15 is 0 Å². The van der Waals surface area contributed by atoms with Gasteiger partial charge in [-0.3, -0.25) is 4.68 Å². The molecule has 0 unspecified atom stereocenters. The summed E-state index contributed by atoms with van der Waals surface area (Å²) in [7, 11) is 1.93. The number of thiocarbonyl (C=S) groups is 1. The fourth-order valence-corrected chi connectivity index (χ4v) is 2.03. The van der Waals surface area contributed by atoms with E-state index in [0.29, 0.717) is 11.7 Å². The highest BCUT2D eigenvalue weighted by atomic mass is 32.1. The highest BCUT2D eigenvalue weighted by Crippen LogP contribution is 1.94. The third-order valence-corrected chi connectivity index (χ3v) is 3.47. The van der Waals surface area contributed by atoms with Gasteiger partial charge in [0, 0.05) is 19.8 Å². The Hall–Kier alpha value is -1.14. The smallest absolute Gasteiger partial charge is 0.166 e. The second kappa shape index (κ2) is 8.87. The van der Waals surface area contributed by atoms with Crippen LogP contribution in [0.4, 0.5) is 0 Å². The van der Waals surface area contributed by atoms with E-state index in [0.717, 1.165) is 38.3 Å². The number of nitrogens with zero attached hydrogens (tertiary/aromatic N) is 3. The summed E-state index contributed by atoms with van der Waals surface area (Å²) in [6.07, 6.45) is 2.90. The fourth-order valence-electron chi connectivity index (χ4n) is 1.85. The summed E-state index contributed by atoms with van der Waals surface area (Å²) in [5, 5.41) is 11.2. The zero-order valence-corrected chi connectivity index (χ0v) is 13.0. The van der Waals surface area contributed by atoms with E-state index in [4.69, 9.17) is 12.2 Å². The van der Waals surface area contributed by atoms with Crippen LogP contribution in [-0.4, -0.2) is 46.0 Å². The maximum absolute atomic E-state index is 5.24. The number of hydrogen-bond acceptors (Lipinski definition) is 3. The van der Waals surface area contributed by atoms with Crippen LogP contribution in [0.5, 0.6) is 0 Å². The van der Waals surface area contributed by atoms with Gasteiger partial charge in [-0.2, -0.15) is 5.10 Å². The number of rotatable bonds is 8. The molecule has 0 aromatic carbocycles. The topological polar surface area (TPSA) is 45.1 Å². The first kappa shape index (κ1) is 15.9. The largest absolute Gasteiger partial charge is 0.363 e. The maximum atomic E-state index is 5.24. The average molecular weight is 283 g/mol. The third kappa shape index (κ3) is 6.02. The normalized spacial score (nSPS) is 10.7. The van der Waals surface area contributed by atoms with E-state index in [1.807, 2.05) is 17.8 Å². The second-order valence-corrected chi connectivity index (χ2v) is 4.84. The van der Waals surface area contributed by atoms with Crippen LogP contribution in [0.25, 0.3) is 0 Å². The molecule has 1 aromatic rings. The van der Waals surface area contributed by atoms with Crippen molar-refractivity contribution in [3.05, 3.63) is 18.0 Å². The van der Waals surface area contributed by atoms with Gasteiger partial charge in [0.25, 0.3) is 0 Å². The van der Waals surface area contributed by atoms with E-state index in [-0.39, 0.29) is 0 Å². The molecule has 1 aromatic heterocycles. The zero-order chi connectivity index (χ0) is 14.1. The fraction of sp³-hybridized carbons (Fsp3) is 0.692. The lowest BCUT2D eigenvalue weighted by molar-refractivity contribution is 0.300. The molecule has 0 amide bonds. The Balaban J connectivity index is 2.10. The molecule has 0 saturated carbocycles. The molecule has 6 heteroatoms. The summed E-state index contributed by atoms with van der Waals surface area (Å²) < 4.78 is 1.84. The molecule has 0 spiro atoms. The van der Waals surface area contributed by atoms with Crippen molar-refractivity contribution in [1.82, 2.24) is 25.3 Å². The van der Waals surface area contributed by atoms with Crippen molar-refractivity contribution >= 4 is 17.3 Å². The quantitative estimate of drug-likeness (QED) is 0.553. The van der Waals surface area contributed by atoms with Crippen molar-refractivity contribution < 1.29 is 0 Å². The summed E-state index contributed by atoms with van der Waals surface area (Å²) in [6, 6.07) is 1.98. The van der Waals surface area contributed by atoms with Gasteiger partial charge in [0.05, 0.1) is 12.2 Å². The number of aromatic nitrogens is 2. The van der Waals surface area contributed by atoms with Gasteiger partial charge < -0.3 is 15.5 Å². The summed E-state index contributed by atoms with van der Waals surface area (Å²) in [6.45, 7) is 9.34. The van der Waals surface area contributed by atoms with E-state index in [1.165, 1.54) is 0 Å². The first-order valence-electron chi connectivity index (χ1n) is 6.88. The predicted octanol–water partition coefficient (Wildman–Crippen LogP) is 1.12. The molecule has 0 saturated heterocycles. The highest BCUT2D eigenvalue weighted by Gasteiger charge is 2.01.